The molecule has 104 valence electrons. The minimum atomic E-state index is 0.102. The van der Waals surface area contributed by atoms with E-state index in [1.165, 1.54) is 38.5 Å². The first-order valence-electron chi connectivity index (χ1n) is 6.90. The van der Waals surface area contributed by atoms with Crippen LogP contribution in [-0.2, 0) is 4.79 Å². The lowest BCUT2D eigenvalue weighted by atomic mass is 9.96. The number of nitrogens with one attached hydrogen (secondary N) is 1. The van der Waals surface area contributed by atoms with Gasteiger partial charge in [-0.25, -0.2) is 0 Å². The highest BCUT2D eigenvalue weighted by Crippen LogP contribution is 2.27. The summed E-state index contributed by atoms with van der Waals surface area (Å²) in [6, 6.07) is 5.49. The molecule has 2 nitrogen and oxygen atoms in total. The van der Waals surface area contributed by atoms with Crippen LogP contribution in [0.15, 0.2) is 22.7 Å². The van der Waals surface area contributed by atoms with Gasteiger partial charge in [-0.1, -0.05) is 37.3 Å². The Morgan fingerprint density at radius 1 is 1.26 bits per heavy atom. The van der Waals surface area contributed by atoms with Crippen LogP contribution >= 0.6 is 27.5 Å². The zero-order valence-corrected chi connectivity index (χ0v) is 13.3. The van der Waals surface area contributed by atoms with Gasteiger partial charge in [-0.05, 0) is 52.9 Å². The predicted molar refractivity (Wildman–Crippen MR) is 83.6 cm³/mol. The minimum absolute atomic E-state index is 0.102. The Morgan fingerprint density at radius 2 is 1.95 bits per heavy atom. The molecule has 0 heterocycles. The van der Waals surface area contributed by atoms with Gasteiger partial charge in [0, 0.05) is 16.6 Å². The van der Waals surface area contributed by atoms with Crippen molar-refractivity contribution < 1.29 is 4.79 Å². The summed E-state index contributed by atoms with van der Waals surface area (Å²) in [5, 5.41) is 3.55. The molecule has 0 aromatic heterocycles. The van der Waals surface area contributed by atoms with Gasteiger partial charge in [-0.15, -0.1) is 0 Å². The van der Waals surface area contributed by atoms with E-state index in [-0.39, 0.29) is 5.91 Å². The average molecular weight is 345 g/mol. The molecule has 0 radical (unpaired) electrons. The number of hydrogen-bond donors (Lipinski definition) is 1. The van der Waals surface area contributed by atoms with Gasteiger partial charge in [0.1, 0.15) is 0 Å². The van der Waals surface area contributed by atoms with Gasteiger partial charge in [0.25, 0.3) is 0 Å². The summed E-state index contributed by atoms with van der Waals surface area (Å²) in [7, 11) is 0. The molecule has 4 heteroatoms. The zero-order valence-electron chi connectivity index (χ0n) is 10.9. The minimum Gasteiger partial charge on any atom is -0.326 e. The molecule has 0 bridgehead atoms. The fourth-order valence-corrected chi connectivity index (χ4v) is 3.04. The van der Waals surface area contributed by atoms with Crippen LogP contribution in [-0.4, -0.2) is 5.91 Å². The summed E-state index contributed by atoms with van der Waals surface area (Å²) in [5.74, 6) is 0.652. The molecular formula is C15H19BrClNO. The Bertz CT molecular complexity index is 442. The van der Waals surface area contributed by atoms with E-state index in [1.54, 1.807) is 6.07 Å². The van der Waals surface area contributed by atoms with Crippen molar-refractivity contribution in [3.63, 3.8) is 0 Å². The van der Waals surface area contributed by atoms with Crippen LogP contribution in [0.5, 0.6) is 0 Å². The van der Waals surface area contributed by atoms with E-state index in [9.17, 15) is 4.79 Å². The lowest BCUT2D eigenvalue weighted by Gasteiger charge is -2.13. The highest BCUT2D eigenvalue weighted by molar-refractivity contribution is 9.10. The smallest absolute Gasteiger partial charge is 0.224 e. The summed E-state index contributed by atoms with van der Waals surface area (Å²) < 4.78 is 0.843. The number of carbonyl (C=O) groups excluding carboxylic acids is 1. The Balaban J connectivity index is 1.87. The number of benzene rings is 1. The largest absolute Gasteiger partial charge is 0.326 e. The zero-order chi connectivity index (χ0) is 13.7. The van der Waals surface area contributed by atoms with Gasteiger partial charge in [-0.3, -0.25) is 4.79 Å². The van der Waals surface area contributed by atoms with E-state index in [0.717, 1.165) is 10.2 Å². The van der Waals surface area contributed by atoms with Crippen LogP contribution in [0.25, 0.3) is 0 Å². The van der Waals surface area contributed by atoms with Crippen LogP contribution < -0.4 is 5.32 Å². The third-order valence-corrected chi connectivity index (χ3v) is 4.88. The quantitative estimate of drug-likeness (QED) is 0.731. The second-order valence-electron chi connectivity index (χ2n) is 5.24. The SMILES string of the molecule is O=C(CC1CCCCCC1)Nc1ccc(Br)c(Cl)c1. The van der Waals surface area contributed by atoms with Crippen molar-refractivity contribution in [1.29, 1.82) is 0 Å². The van der Waals surface area contributed by atoms with Crippen molar-refractivity contribution in [2.45, 2.75) is 44.9 Å². The van der Waals surface area contributed by atoms with Gasteiger partial charge in [0.2, 0.25) is 5.91 Å². The number of rotatable bonds is 3. The van der Waals surface area contributed by atoms with E-state index < -0.39 is 0 Å². The number of amides is 1. The van der Waals surface area contributed by atoms with Crippen molar-refractivity contribution in [1.82, 2.24) is 0 Å². The van der Waals surface area contributed by atoms with Crippen molar-refractivity contribution in [2.75, 3.05) is 5.32 Å². The number of hydrogen-bond acceptors (Lipinski definition) is 1. The molecule has 1 saturated carbocycles. The average Bonchev–Trinajstić information content (AvgIpc) is 2.62. The van der Waals surface area contributed by atoms with Crippen molar-refractivity contribution in [2.24, 2.45) is 5.92 Å². The molecule has 0 saturated heterocycles. The van der Waals surface area contributed by atoms with Crippen LogP contribution in [0.3, 0.4) is 0 Å². The van der Waals surface area contributed by atoms with Gasteiger partial charge >= 0.3 is 0 Å². The fourth-order valence-electron chi connectivity index (χ4n) is 2.62. The standard InChI is InChI=1S/C15H19BrClNO/c16-13-8-7-12(10-14(13)17)18-15(19)9-11-5-3-1-2-4-6-11/h7-8,10-11H,1-6,9H2,(H,18,19). The number of carbonyl (C=O) groups is 1. The van der Waals surface area contributed by atoms with Gasteiger partial charge in [-0.2, -0.15) is 0 Å². The van der Waals surface area contributed by atoms with Crippen molar-refractivity contribution in [3.8, 4) is 0 Å². The molecule has 2 rings (SSSR count). The fraction of sp³-hybridized carbons (Fsp3) is 0.533. The second-order valence-corrected chi connectivity index (χ2v) is 6.50. The highest BCUT2D eigenvalue weighted by atomic mass is 79.9. The Morgan fingerprint density at radius 3 is 2.58 bits per heavy atom. The maximum absolute atomic E-state index is 12.0. The molecule has 0 atom stereocenters. The van der Waals surface area contributed by atoms with Crippen LogP contribution in [0, 0.1) is 5.92 Å². The van der Waals surface area contributed by atoms with Crippen molar-refractivity contribution in [3.05, 3.63) is 27.7 Å². The van der Waals surface area contributed by atoms with E-state index in [2.05, 4.69) is 21.2 Å². The summed E-state index contributed by atoms with van der Waals surface area (Å²) >= 11 is 9.35. The molecular weight excluding hydrogens is 326 g/mol. The molecule has 1 fully saturated rings. The van der Waals surface area contributed by atoms with Gasteiger partial charge in [0.15, 0.2) is 0 Å². The molecule has 0 aliphatic heterocycles. The first kappa shape index (κ1) is 14.9. The molecule has 0 spiro atoms. The second kappa shape index (κ2) is 7.30. The third-order valence-electron chi connectivity index (χ3n) is 3.65. The van der Waals surface area contributed by atoms with Crippen LogP contribution in [0.4, 0.5) is 5.69 Å². The van der Waals surface area contributed by atoms with Gasteiger partial charge < -0.3 is 5.32 Å². The summed E-state index contributed by atoms with van der Waals surface area (Å²) in [6.45, 7) is 0. The summed E-state index contributed by atoms with van der Waals surface area (Å²) in [6.07, 6.45) is 8.18. The lowest BCUT2D eigenvalue weighted by molar-refractivity contribution is -0.117. The van der Waals surface area contributed by atoms with E-state index >= 15 is 0 Å². The van der Waals surface area contributed by atoms with Crippen LogP contribution in [0.2, 0.25) is 5.02 Å². The Hall–Kier alpha value is -0.540. The van der Waals surface area contributed by atoms with Crippen LogP contribution in [0.1, 0.15) is 44.9 Å². The topological polar surface area (TPSA) is 29.1 Å². The normalized spacial score (nSPS) is 16.9. The Kier molecular flexibility index (Phi) is 5.71. The highest BCUT2D eigenvalue weighted by Gasteiger charge is 2.16. The monoisotopic (exact) mass is 343 g/mol. The molecule has 1 aromatic rings. The van der Waals surface area contributed by atoms with Gasteiger partial charge in [0.05, 0.1) is 5.02 Å². The predicted octanol–water partition coefficient (Wildman–Crippen LogP) is 5.40. The first-order chi connectivity index (χ1) is 9.15. The maximum Gasteiger partial charge on any atom is 0.224 e. The Labute approximate surface area is 128 Å². The maximum atomic E-state index is 12.0. The van der Waals surface area contributed by atoms with Crippen molar-refractivity contribution >= 4 is 39.1 Å². The first-order valence-corrected chi connectivity index (χ1v) is 8.07. The molecule has 19 heavy (non-hydrogen) atoms. The molecule has 1 aliphatic rings. The lowest BCUT2D eigenvalue weighted by Crippen LogP contribution is -2.16. The summed E-state index contributed by atoms with van der Waals surface area (Å²) in [4.78, 5) is 12.0. The third kappa shape index (κ3) is 4.81. The molecule has 1 N–H and O–H groups in total. The molecule has 1 aromatic carbocycles. The molecule has 1 aliphatic carbocycles. The molecule has 0 unspecified atom stereocenters. The molecule has 1 amide bonds. The van der Waals surface area contributed by atoms with E-state index in [0.29, 0.717) is 17.4 Å². The summed E-state index contributed by atoms with van der Waals surface area (Å²) in [5.41, 5.74) is 0.770. The number of anilines is 1. The van der Waals surface area contributed by atoms with E-state index in [1.807, 2.05) is 12.1 Å². The van der Waals surface area contributed by atoms with E-state index in [4.69, 9.17) is 11.6 Å². The number of halogens is 2.